The van der Waals surface area contributed by atoms with E-state index >= 15 is 0 Å². The lowest BCUT2D eigenvalue weighted by molar-refractivity contribution is 0.589. The number of hydrogen-bond donors (Lipinski definition) is 0. The molecule has 0 amide bonds. The number of nitriles is 5. The molecule has 7 rings (SSSR count). The fourth-order valence-corrected chi connectivity index (χ4v) is 8.63. The van der Waals surface area contributed by atoms with Crippen LogP contribution >= 0.6 is 0 Å². The van der Waals surface area contributed by atoms with Crippen molar-refractivity contribution in [2.75, 3.05) is 0 Å². The molecule has 0 radical (unpaired) electrons. The van der Waals surface area contributed by atoms with Crippen LogP contribution in [-0.2, 0) is 21.7 Å². The molecule has 1 aromatic heterocycles. The summed E-state index contributed by atoms with van der Waals surface area (Å²) >= 11 is 0. The number of hydrogen-bond acceptors (Lipinski definition) is 6. The van der Waals surface area contributed by atoms with Crippen LogP contribution in [-0.4, -0.2) is 4.98 Å². The molecule has 0 spiro atoms. The standard InChI is InChI=1S/C66H60N6/c1-63(2,3)59-28-43-19-51(34-59)56(39-69)26-45-21-53(36-61(30-45)65(7,8)9)58(41-71)27-46-22-52(35-62(31-46)66(10,11)12)57(40-70)25-44-20-50(33-60(29-44)64(4,5)6)55(38-68)23-42-17-48(47-13-15-72-16-14-47)32-49(18-42)54(24-43)37-67/h13-36H,1-12H3/b54-24?,55-23+,56-26+,57-25+,58-27+. The van der Waals surface area contributed by atoms with Gasteiger partial charge in [0, 0.05) is 12.4 Å². The summed E-state index contributed by atoms with van der Waals surface area (Å²) < 4.78 is 0. The van der Waals surface area contributed by atoms with Crippen LogP contribution in [0, 0.1) is 56.7 Å². The predicted molar refractivity (Wildman–Crippen MR) is 298 cm³/mol. The fraction of sp³-hybridized carbons (Fsp3) is 0.242. The molecule has 0 atom stereocenters. The Morgan fingerprint density at radius 1 is 0.278 bits per heavy atom. The lowest BCUT2D eigenvalue weighted by Crippen LogP contribution is -2.12. The first-order valence-electron chi connectivity index (χ1n) is 24.2. The fourth-order valence-electron chi connectivity index (χ4n) is 8.63. The van der Waals surface area contributed by atoms with Crippen LogP contribution < -0.4 is 0 Å². The van der Waals surface area contributed by atoms with E-state index < -0.39 is 0 Å². The lowest BCUT2D eigenvalue weighted by atomic mass is 9.82. The zero-order chi connectivity index (χ0) is 52.3. The van der Waals surface area contributed by atoms with Crippen molar-refractivity contribution in [2.24, 2.45) is 0 Å². The molecule has 0 unspecified atom stereocenters. The Morgan fingerprint density at radius 3 is 0.736 bits per heavy atom. The summed E-state index contributed by atoms with van der Waals surface area (Å²) in [7, 11) is 0. The summed E-state index contributed by atoms with van der Waals surface area (Å²) in [6.45, 7) is 25.5. The van der Waals surface area contributed by atoms with Crippen molar-refractivity contribution in [1.29, 1.82) is 26.3 Å². The van der Waals surface area contributed by atoms with Crippen LogP contribution in [0.25, 0.3) is 69.4 Å². The van der Waals surface area contributed by atoms with Crippen LogP contribution in [0.3, 0.4) is 0 Å². The van der Waals surface area contributed by atoms with Crippen molar-refractivity contribution in [2.45, 2.75) is 105 Å². The van der Waals surface area contributed by atoms with Crippen molar-refractivity contribution in [1.82, 2.24) is 4.98 Å². The van der Waals surface area contributed by atoms with Crippen LogP contribution in [0.1, 0.15) is 161 Å². The maximum atomic E-state index is 11.0. The van der Waals surface area contributed by atoms with Crippen LogP contribution in [0.4, 0.5) is 0 Å². The molecule has 0 N–H and O–H groups in total. The maximum absolute atomic E-state index is 11.0. The summed E-state index contributed by atoms with van der Waals surface area (Å²) in [6, 6.07) is 46.4. The molecule has 1 heterocycles. The van der Waals surface area contributed by atoms with Gasteiger partial charge in [-0.1, -0.05) is 107 Å². The largest absolute Gasteiger partial charge is 0.265 e. The molecule has 6 heteroatoms. The van der Waals surface area contributed by atoms with E-state index in [1.54, 1.807) is 12.4 Å². The SMILES string of the molecule is CC(C)(C)c1cc2cc(c1)/C(C#N)=C/c1cc(cc(C(C)(C)C)c1)/C(C#N)=C/c1cc(cc(C(C)(C)C)c1)/C(C#N)=C/c1cc(cc(C(C)(C)C)c1)/C(C#N)=C/c1cc(cc(-c3ccncc3)c1)C(C#N)=C2. The van der Waals surface area contributed by atoms with Gasteiger partial charge in [0.2, 0.25) is 0 Å². The van der Waals surface area contributed by atoms with E-state index in [0.29, 0.717) is 61.2 Å². The van der Waals surface area contributed by atoms with Gasteiger partial charge in [0.05, 0.1) is 58.2 Å². The van der Waals surface area contributed by atoms with Gasteiger partial charge in [0.1, 0.15) is 0 Å². The smallest absolute Gasteiger partial charge is 0.0998 e. The van der Waals surface area contributed by atoms with Gasteiger partial charge in [0.15, 0.2) is 0 Å². The van der Waals surface area contributed by atoms with Gasteiger partial charge in [-0.2, -0.15) is 26.3 Å². The average molecular weight is 937 g/mol. The Balaban J connectivity index is 1.63. The number of benzene rings is 5. The normalized spacial score (nSPS) is 16.2. The number of allylic oxidation sites excluding steroid dienone is 5. The van der Waals surface area contributed by atoms with Crippen LogP contribution in [0.2, 0.25) is 0 Å². The zero-order valence-electron chi connectivity index (χ0n) is 43.5. The number of nitrogens with zero attached hydrogens (tertiary/aromatic N) is 6. The lowest BCUT2D eigenvalue weighted by Gasteiger charge is -2.22. The molecule has 0 saturated carbocycles. The Hall–Kier alpha value is -8.60. The minimum atomic E-state index is -0.315. The Morgan fingerprint density at radius 2 is 0.500 bits per heavy atom. The first-order valence-corrected chi connectivity index (χ1v) is 24.2. The second-order valence-electron chi connectivity index (χ2n) is 22.8. The van der Waals surface area contributed by atoms with Crippen molar-refractivity contribution in [3.8, 4) is 41.5 Å². The van der Waals surface area contributed by atoms with E-state index in [1.807, 2.05) is 109 Å². The molecule has 1 aliphatic rings. The monoisotopic (exact) mass is 936 g/mol. The number of pyridine rings is 1. The van der Waals surface area contributed by atoms with Gasteiger partial charge < -0.3 is 0 Å². The van der Waals surface area contributed by atoms with E-state index in [-0.39, 0.29) is 21.7 Å². The maximum Gasteiger partial charge on any atom is 0.0998 e. The van der Waals surface area contributed by atoms with Crippen LogP contribution in [0.15, 0.2) is 116 Å². The quantitative estimate of drug-likeness (QED) is 0.161. The zero-order valence-corrected chi connectivity index (χ0v) is 43.5. The summed E-state index contributed by atoms with van der Waals surface area (Å²) in [5, 5.41) is 54.8. The van der Waals surface area contributed by atoms with E-state index in [1.165, 1.54) is 0 Å². The third kappa shape index (κ3) is 11.9. The second-order valence-corrected chi connectivity index (χ2v) is 22.8. The summed E-state index contributed by atoms with van der Waals surface area (Å²) in [4.78, 5) is 4.25. The molecule has 0 aliphatic heterocycles. The molecule has 354 valence electrons. The highest BCUT2D eigenvalue weighted by Gasteiger charge is 2.22. The first kappa shape index (κ1) is 51.3. The topological polar surface area (TPSA) is 132 Å². The van der Waals surface area contributed by atoms with Crippen molar-refractivity contribution in [3.05, 3.63) is 193 Å². The molecular weight excluding hydrogens is 877 g/mol. The minimum absolute atomic E-state index is 0.306. The van der Waals surface area contributed by atoms with Gasteiger partial charge in [-0.15, -0.1) is 0 Å². The van der Waals surface area contributed by atoms with Crippen molar-refractivity contribution < 1.29 is 0 Å². The van der Waals surface area contributed by atoms with Gasteiger partial charge in [0.25, 0.3) is 0 Å². The van der Waals surface area contributed by atoms with Gasteiger partial charge in [-0.25, -0.2) is 0 Å². The highest BCUT2D eigenvalue weighted by Crippen LogP contribution is 2.37. The minimum Gasteiger partial charge on any atom is -0.265 e. The molecule has 0 saturated heterocycles. The highest BCUT2D eigenvalue weighted by atomic mass is 14.6. The Bertz CT molecular complexity index is 3500. The predicted octanol–water partition coefficient (Wildman–Crippen LogP) is 16.6. The molecule has 6 aromatic rings. The highest BCUT2D eigenvalue weighted by molar-refractivity contribution is 5.98. The van der Waals surface area contributed by atoms with E-state index in [0.717, 1.165) is 55.6 Å². The van der Waals surface area contributed by atoms with E-state index in [9.17, 15) is 26.3 Å². The Kier molecular flexibility index (Phi) is 14.3. The molecule has 0 fully saturated rings. The first-order chi connectivity index (χ1) is 33.9. The molecule has 72 heavy (non-hydrogen) atoms. The molecule has 6 nitrogen and oxygen atoms in total. The summed E-state index contributed by atoms with van der Waals surface area (Å²) in [6.07, 6.45) is 12.8. The number of rotatable bonds is 1. The molecule has 10 bridgehead atoms. The van der Waals surface area contributed by atoms with Crippen molar-refractivity contribution >= 4 is 58.2 Å². The van der Waals surface area contributed by atoms with Gasteiger partial charge >= 0.3 is 0 Å². The molecular formula is C66H60N6. The van der Waals surface area contributed by atoms with Gasteiger partial charge in [-0.3, -0.25) is 4.98 Å². The van der Waals surface area contributed by atoms with Gasteiger partial charge in [-0.05, 0) is 220 Å². The third-order valence-electron chi connectivity index (χ3n) is 13.0. The van der Waals surface area contributed by atoms with Crippen LogP contribution in [0.5, 0.6) is 0 Å². The Labute approximate surface area is 427 Å². The second kappa shape index (κ2) is 20.0. The number of aromatic nitrogens is 1. The summed E-state index contributed by atoms with van der Waals surface area (Å²) in [5.41, 5.74) is 13.7. The average Bonchev–Trinajstić information content (AvgIpc) is 3.33. The summed E-state index contributed by atoms with van der Waals surface area (Å²) in [5.74, 6) is 0. The van der Waals surface area contributed by atoms with Crippen molar-refractivity contribution in [3.63, 3.8) is 0 Å². The number of fused-ring (bicyclic) bond motifs is 10. The van der Waals surface area contributed by atoms with E-state index in [2.05, 4.69) is 143 Å². The molecule has 1 aliphatic carbocycles. The van der Waals surface area contributed by atoms with E-state index in [4.69, 9.17) is 0 Å². The third-order valence-corrected chi connectivity index (χ3v) is 13.0. The molecule has 5 aromatic carbocycles.